The van der Waals surface area contributed by atoms with Gasteiger partial charge in [-0.15, -0.1) is 0 Å². The van der Waals surface area contributed by atoms with Crippen LogP contribution in [-0.4, -0.2) is 21.6 Å². The van der Waals surface area contributed by atoms with Crippen LogP contribution in [0.2, 0.25) is 5.02 Å². The van der Waals surface area contributed by atoms with Gasteiger partial charge in [-0.3, -0.25) is 9.59 Å². The Kier molecular flexibility index (Phi) is 4.99. The van der Waals surface area contributed by atoms with Gasteiger partial charge in [0.1, 0.15) is 0 Å². The van der Waals surface area contributed by atoms with E-state index in [1.54, 1.807) is 23.9 Å². The maximum atomic E-state index is 12.0. The number of nitrogens with zero attached hydrogens (tertiary/aromatic N) is 1. The van der Waals surface area contributed by atoms with E-state index in [0.717, 1.165) is 22.6 Å². The molecule has 0 aliphatic carbocycles. The normalized spacial score (nSPS) is 13.0. The molecule has 0 unspecified atom stereocenters. The van der Waals surface area contributed by atoms with Crippen LogP contribution in [0.1, 0.15) is 16.8 Å². The van der Waals surface area contributed by atoms with Gasteiger partial charge in [0.05, 0.1) is 11.4 Å². The first-order valence-corrected chi connectivity index (χ1v) is 9.43. The Balaban J connectivity index is 1.62. The fourth-order valence-corrected chi connectivity index (χ4v) is 4.01. The zero-order valence-electron chi connectivity index (χ0n) is 12.3. The summed E-state index contributed by atoms with van der Waals surface area (Å²) in [6.45, 7) is 1.90. The van der Waals surface area contributed by atoms with Gasteiger partial charge in [-0.25, -0.2) is 4.98 Å². The number of rotatable bonds is 4. The molecule has 2 aromatic rings. The molecule has 0 saturated heterocycles. The first kappa shape index (κ1) is 16.4. The van der Waals surface area contributed by atoms with Gasteiger partial charge >= 0.3 is 0 Å². The standard InChI is InChI=1S/C15H14ClN3O2S2/c1-8-2-3-9(4-11(8)16)17-13(20)7-23-15-18-12-6-22-5-10(12)14(21)19-15/h2-4H,5-7H2,1H3,(H,17,20)(H,18,19,21). The third-order valence-corrected chi connectivity index (χ3v) is 5.61. The van der Waals surface area contributed by atoms with E-state index in [1.165, 1.54) is 11.8 Å². The van der Waals surface area contributed by atoms with Crippen LogP contribution < -0.4 is 10.9 Å². The van der Waals surface area contributed by atoms with Gasteiger partial charge in [-0.05, 0) is 24.6 Å². The largest absolute Gasteiger partial charge is 0.325 e. The second-order valence-corrected chi connectivity index (χ2v) is 7.45. The fraction of sp³-hybridized carbons (Fsp3) is 0.267. The van der Waals surface area contributed by atoms with Crippen molar-refractivity contribution in [3.05, 3.63) is 50.4 Å². The molecule has 0 fully saturated rings. The number of aromatic amines is 1. The van der Waals surface area contributed by atoms with Gasteiger partial charge in [0.15, 0.2) is 5.16 Å². The molecule has 8 heteroatoms. The van der Waals surface area contributed by atoms with Crippen LogP contribution in [0.15, 0.2) is 28.2 Å². The molecule has 0 saturated carbocycles. The van der Waals surface area contributed by atoms with E-state index in [2.05, 4.69) is 15.3 Å². The number of benzene rings is 1. The summed E-state index contributed by atoms with van der Waals surface area (Å²) in [5.41, 5.74) is 3.08. The van der Waals surface area contributed by atoms with E-state index in [9.17, 15) is 9.59 Å². The number of H-pyrrole nitrogens is 1. The van der Waals surface area contributed by atoms with E-state index in [4.69, 9.17) is 11.6 Å². The van der Waals surface area contributed by atoms with E-state index in [1.807, 2.05) is 13.0 Å². The highest BCUT2D eigenvalue weighted by atomic mass is 35.5. The summed E-state index contributed by atoms with van der Waals surface area (Å²) in [4.78, 5) is 31.0. The van der Waals surface area contributed by atoms with Crippen molar-refractivity contribution in [2.24, 2.45) is 0 Å². The number of thioether (sulfide) groups is 2. The van der Waals surface area contributed by atoms with Crippen molar-refractivity contribution >= 4 is 46.7 Å². The molecule has 0 bridgehead atoms. The Morgan fingerprint density at radius 2 is 2.30 bits per heavy atom. The summed E-state index contributed by atoms with van der Waals surface area (Å²) < 4.78 is 0. The second-order valence-electron chi connectivity index (χ2n) is 5.09. The van der Waals surface area contributed by atoms with Crippen molar-refractivity contribution in [2.45, 2.75) is 23.6 Å². The van der Waals surface area contributed by atoms with Crippen molar-refractivity contribution in [1.82, 2.24) is 9.97 Å². The molecule has 2 N–H and O–H groups in total. The van der Waals surface area contributed by atoms with Crippen LogP contribution in [0.3, 0.4) is 0 Å². The number of hydrogen-bond acceptors (Lipinski definition) is 5. The van der Waals surface area contributed by atoms with Crippen LogP contribution in [0, 0.1) is 6.92 Å². The molecular formula is C15H14ClN3O2S2. The minimum absolute atomic E-state index is 0.103. The molecule has 0 atom stereocenters. The number of amides is 1. The molecule has 2 heterocycles. The molecule has 1 aromatic heterocycles. The predicted octanol–water partition coefficient (Wildman–Crippen LogP) is 3.21. The van der Waals surface area contributed by atoms with Crippen molar-refractivity contribution in [3.63, 3.8) is 0 Å². The average Bonchev–Trinajstić information content (AvgIpc) is 2.98. The van der Waals surface area contributed by atoms with E-state index in [-0.39, 0.29) is 17.2 Å². The van der Waals surface area contributed by atoms with Gasteiger partial charge in [0.2, 0.25) is 5.91 Å². The molecule has 120 valence electrons. The Morgan fingerprint density at radius 3 is 3.09 bits per heavy atom. The molecule has 23 heavy (non-hydrogen) atoms. The maximum Gasteiger partial charge on any atom is 0.255 e. The van der Waals surface area contributed by atoms with Crippen LogP contribution in [0.5, 0.6) is 0 Å². The van der Waals surface area contributed by atoms with Crippen LogP contribution in [-0.2, 0) is 16.3 Å². The first-order chi connectivity index (χ1) is 11.0. The van der Waals surface area contributed by atoms with E-state index in [0.29, 0.717) is 21.6 Å². The average molecular weight is 368 g/mol. The Bertz CT molecular complexity index is 823. The molecule has 5 nitrogen and oxygen atoms in total. The minimum Gasteiger partial charge on any atom is -0.325 e. The summed E-state index contributed by atoms with van der Waals surface area (Å²) in [6, 6.07) is 5.37. The number of fused-ring (bicyclic) bond motifs is 1. The molecule has 0 radical (unpaired) electrons. The summed E-state index contributed by atoms with van der Waals surface area (Å²) in [5.74, 6) is 1.45. The van der Waals surface area contributed by atoms with Crippen molar-refractivity contribution in [2.75, 3.05) is 11.1 Å². The molecule has 1 aromatic carbocycles. The Morgan fingerprint density at radius 1 is 1.48 bits per heavy atom. The smallest absolute Gasteiger partial charge is 0.255 e. The van der Waals surface area contributed by atoms with Gasteiger partial charge in [0, 0.05) is 27.8 Å². The van der Waals surface area contributed by atoms with Gasteiger partial charge < -0.3 is 10.3 Å². The maximum absolute atomic E-state index is 12.0. The van der Waals surface area contributed by atoms with Crippen molar-refractivity contribution in [3.8, 4) is 0 Å². The topological polar surface area (TPSA) is 74.8 Å². The van der Waals surface area contributed by atoms with Crippen molar-refractivity contribution < 1.29 is 4.79 Å². The highest BCUT2D eigenvalue weighted by Gasteiger charge is 2.18. The fourth-order valence-electron chi connectivity index (χ4n) is 2.11. The van der Waals surface area contributed by atoms with Crippen LogP contribution >= 0.6 is 35.1 Å². The zero-order chi connectivity index (χ0) is 16.4. The highest BCUT2D eigenvalue weighted by Crippen LogP contribution is 2.26. The zero-order valence-corrected chi connectivity index (χ0v) is 14.7. The number of aromatic nitrogens is 2. The van der Waals surface area contributed by atoms with Gasteiger partial charge in [-0.1, -0.05) is 29.4 Å². The number of carbonyl (C=O) groups is 1. The number of aryl methyl sites for hydroxylation is 1. The number of hydrogen-bond donors (Lipinski definition) is 2. The quantitative estimate of drug-likeness (QED) is 0.641. The Hall–Kier alpha value is -1.44. The molecule has 1 aliphatic rings. The molecule has 0 spiro atoms. The third kappa shape index (κ3) is 3.91. The van der Waals surface area contributed by atoms with Crippen LogP contribution in [0.25, 0.3) is 0 Å². The Labute approximate surface area is 146 Å². The monoisotopic (exact) mass is 367 g/mol. The molecular weight excluding hydrogens is 354 g/mol. The summed E-state index contributed by atoms with van der Waals surface area (Å²) >= 11 is 8.92. The molecule has 3 rings (SSSR count). The van der Waals surface area contributed by atoms with Gasteiger partial charge in [0.25, 0.3) is 5.56 Å². The lowest BCUT2D eigenvalue weighted by Crippen LogP contribution is -2.17. The lowest BCUT2D eigenvalue weighted by atomic mass is 10.2. The predicted molar refractivity (Wildman–Crippen MR) is 95.4 cm³/mol. The number of anilines is 1. The summed E-state index contributed by atoms with van der Waals surface area (Å²) in [6.07, 6.45) is 0. The summed E-state index contributed by atoms with van der Waals surface area (Å²) in [5, 5.41) is 3.87. The van der Waals surface area contributed by atoms with E-state index >= 15 is 0 Å². The third-order valence-electron chi connectivity index (χ3n) is 3.36. The molecule has 1 amide bonds. The lowest BCUT2D eigenvalue weighted by Gasteiger charge is -2.07. The van der Waals surface area contributed by atoms with Crippen molar-refractivity contribution in [1.29, 1.82) is 0 Å². The van der Waals surface area contributed by atoms with E-state index < -0.39 is 0 Å². The number of carbonyl (C=O) groups excluding carboxylic acids is 1. The molecule has 1 aliphatic heterocycles. The second kappa shape index (κ2) is 6.98. The lowest BCUT2D eigenvalue weighted by molar-refractivity contribution is -0.113. The highest BCUT2D eigenvalue weighted by molar-refractivity contribution is 7.99. The minimum atomic E-state index is -0.174. The first-order valence-electron chi connectivity index (χ1n) is 6.91. The van der Waals surface area contributed by atoms with Crippen LogP contribution in [0.4, 0.5) is 5.69 Å². The van der Waals surface area contributed by atoms with Gasteiger partial charge in [-0.2, -0.15) is 11.8 Å². The SMILES string of the molecule is Cc1ccc(NC(=O)CSc2nc3c(c(=O)[nH]2)CSC3)cc1Cl. The number of halogens is 1. The number of nitrogens with one attached hydrogen (secondary N) is 2. The summed E-state index contributed by atoms with van der Waals surface area (Å²) in [7, 11) is 0.